The zero-order valence-corrected chi connectivity index (χ0v) is 7.74. The second-order valence-electron chi connectivity index (χ2n) is 3.40. The molecule has 0 bridgehead atoms. The van der Waals surface area contributed by atoms with Crippen LogP contribution >= 0.6 is 0 Å². The Kier molecular flexibility index (Phi) is 2.57. The van der Waals surface area contributed by atoms with Gasteiger partial charge in [0.15, 0.2) is 0 Å². The quantitative estimate of drug-likeness (QED) is 0.592. The fourth-order valence-electron chi connectivity index (χ4n) is 0.920. The minimum Gasteiger partial charge on any atom is -0.377 e. The number of rotatable bonds is 3. The maximum atomic E-state index is 5.47. The molecule has 1 rings (SSSR count). The first-order valence-corrected chi connectivity index (χ1v) is 3.87. The van der Waals surface area contributed by atoms with Crippen molar-refractivity contribution in [2.24, 2.45) is 0 Å². The van der Waals surface area contributed by atoms with Crippen molar-refractivity contribution < 1.29 is 4.74 Å². The number of ether oxygens (including phenoxy) is 1. The van der Waals surface area contributed by atoms with E-state index in [0.29, 0.717) is 12.1 Å². The van der Waals surface area contributed by atoms with Gasteiger partial charge in [0.1, 0.15) is 7.85 Å². The molecule has 0 amide bonds. The Morgan fingerprint density at radius 3 is 2.75 bits per heavy atom. The van der Waals surface area contributed by atoms with E-state index in [0.717, 1.165) is 0 Å². The maximum absolute atomic E-state index is 5.47. The summed E-state index contributed by atoms with van der Waals surface area (Å²) in [6, 6.07) is 1.77. The third-order valence-corrected chi connectivity index (χ3v) is 1.76. The molecule has 2 radical (unpaired) electrons. The molecule has 0 saturated heterocycles. The van der Waals surface area contributed by atoms with Gasteiger partial charge in [-0.15, -0.1) is 0 Å². The van der Waals surface area contributed by atoms with E-state index < -0.39 is 0 Å². The summed E-state index contributed by atoms with van der Waals surface area (Å²) >= 11 is 0. The van der Waals surface area contributed by atoms with Gasteiger partial charge >= 0.3 is 0 Å². The van der Waals surface area contributed by atoms with Crippen LogP contribution in [0.15, 0.2) is 12.3 Å². The molecule has 0 aliphatic heterocycles. The summed E-state index contributed by atoms with van der Waals surface area (Å²) in [7, 11) is 7.15. The van der Waals surface area contributed by atoms with Crippen LogP contribution < -0.4 is 5.59 Å². The molecule has 0 aromatic carbocycles. The third-order valence-electron chi connectivity index (χ3n) is 1.76. The predicted octanol–water partition coefficient (Wildman–Crippen LogP) is 0.102. The molecule has 0 spiro atoms. The average Bonchev–Trinajstić information content (AvgIpc) is 2.35. The van der Waals surface area contributed by atoms with Gasteiger partial charge in [-0.3, -0.25) is 4.68 Å². The Labute approximate surface area is 74.1 Å². The van der Waals surface area contributed by atoms with E-state index in [1.54, 1.807) is 17.9 Å². The Balaban J connectivity index is 2.63. The van der Waals surface area contributed by atoms with E-state index in [9.17, 15) is 0 Å². The van der Waals surface area contributed by atoms with Crippen molar-refractivity contribution in [2.45, 2.75) is 26.0 Å². The first kappa shape index (κ1) is 9.32. The van der Waals surface area contributed by atoms with Crippen molar-refractivity contribution in [1.29, 1.82) is 0 Å². The fraction of sp³-hybridized carbons (Fsp3) is 0.625. The number of aromatic nitrogens is 2. The first-order valence-electron chi connectivity index (χ1n) is 3.87. The summed E-state index contributed by atoms with van der Waals surface area (Å²) < 4.78 is 7.03. The average molecular weight is 164 g/mol. The number of hydrogen-bond acceptors (Lipinski definition) is 2. The highest BCUT2D eigenvalue weighted by molar-refractivity contribution is 6.30. The number of nitrogens with zero attached hydrogens (tertiary/aromatic N) is 2. The van der Waals surface area contributed by atoms with Crippen LogP contribution in [0.4, 0.5) is 0 Å². The van der Waals surface area contributed by atoms with Gasteiger partial charge in [-0.2, -0.15) is 5.10 Å². The van der Waals surface area contributed by atoms with Crippen LogP contribution in [0, 0.1) is 0 Å². The number of hydrogen-bond donors (Lipinski definition) is 0. The molecule has 0 unspecified atom stereocenters. The van der Waals surface area contributed by atoms with Crippen LogP contribution in [-0.4, -0.2) is 30.3 Å². The summed E-state index contributed by atoms with van der Waals surface area (Å²) in [5.74, 6) is 0. The van der Waals surface area contributed by atoms with E-state index in [1.807, 2.05) is 20.0 Å². The standard InChI is InChI=1S/C8H13BN2O/c1-8(2,12-3)6-11-5-4-7(9)10-11/h4-5H,6H2,1-3H3. The van der Waals surface area contributed by atoms with Crippen LogP contribution in [0.25, 0.3) is 0 Å². The highest BCUT2D eigenvalue weighted by atomic mass is 16.5. The molecule has 4 heteroatoms. The van der Waals surface area contributed by atoms with Gasteiger partial charge in [-0.05, 0) is 19.9 Å². The van der Waals surface area contributed by atoms with Crippen LogP contribution in [-0.2, 0) is 11.3 Å². The van der Waals surface area contributed by atoms with Crippen molar-refractivity contribution in [3.05, 3.63) is 12.3 Å². The Morgan fingerprint density at radius 1 is 1.67 bits per heavy atom. The summed E-state index contributed by atoms with van der Waals surface area (Å²) in [6.45, 7) is 4.72. The van der Waals surface area contributed by atoms with E-state index in [2.05, 4.69) is 5.10 Å². The molecule has 12 heavy (non-hydrogen) atoms. The zero-order chi connectivity index (χ0) is 9.19. The summed E-state index contributed by atoms with van der Waals surface area (Å²) in [6.07, 6.45) is 1.84. The Hall–Kier alpha value is -0.765. The van der Waals surface area contributed by atoms with Crippen molar-refractivity contribution in [3.63, 3.8) is 0 Å². The molecular weight excluding hydrogens is 151 g/mol. The van der Waals surface area contributed by atoms with Gasteiger partial charge < -0.3 is 4.74 Å². The van der Waals surface area contributed by atoms with E-state index in [1.165, 1.54) is 0 Å². The molecule has 0 aliphatic carbocycles. The summed E-state index contributed by atoms with van der Waals surface area (Å²) in [5.41, 5.74) is 0.347. The van der Waals surface area contributed by atoms with Gasteiger partial charge in [0.25, 0.3) is 0 Å². The Bertz CT molecular complexity index is 257. The molecule has 64 valence electrons. The topological polar surface area (TPSA) is 27.1 Å². The normalized spacial score (nSPS) is 11.9. The highest BCUT2D eigenvalue weighted by Crippen LogP contribution is 2.09. The van der Waals surface area contributed by atoms with Gasteiger partial charge in [-0.1, -0.05) is 0 Å². The monoisotopic (exact) mass is 164 g/mol. The summed E-state index contributed by atoms with van der Waals surface area (Å²) in [4.78, 5) is 0. The number of methoxy groups -OCH3 is 1. The highest BCUT2D eigenvalue weighted by Gasteiger charge is 2.16. The van der Waals surface area contributed by atoms with Gasteiger partial charge in [0.05, 0.1) is 12.1 Å². The SMILES string of the molecule is [B]c1ccn(CC(C)(C)OC)n1. The van der Waals surface area contributed by atoms with Crippen molar-refractivity contribution in [3.8, 4) is 0 Å². The predicted molar refractivity (Wildman–Crippen MR) is 48.7 cm³/mol. The lowest BCUT2D eigenvalue weighted by Crippen LogP contribution is -2.29. The first-order chi connectivity index (χ1) is 5.53. The van der Waals surface area contributed by atoms with Crippen LogP contribution in [0.1, 0.15) is 13.8 Å². The molecule has 3 nitrogen and oxygen atoms in total. The molecule has 0 aliphatic rings. The van der Waals surface area contributed by atoms with Crippen LogP contribution in [0.3, 0.4) is 0 Å². The third kappa shape index (κ3) is 2.38. The van der Waals surface area contributed by atoms with Crippen molar-refractivity contribution in [1.82, 2.24) is 9.78 Å². The van der Waals surface area contributed by atoms with E-state index >= 15 is 0 Å². The molecule has 0 atom stereocenters. The lowest BCUT2D eigenvalue weighted by atomic mass is 10.1. The molecule has 0 N–H and O–H groups in total. The summed E-state index contributed by atoms with van der Waals surface area (Å²) in [5, 5.41) is 4.06. The van der Waals surface area contributed by atoms with E-state index in [-0.39, 0.29) is 5.60 Å². The molecular formula is C8H13BN2O. The fourth-order valence-corrected chi connectivity index (χ4v) is 0.920. The lowest BCUT2D eigenvalue weighted by Gasteiger charge is -2.22. The lowest BCUT2D eigenvalue weighted by molar-refractivity contribution is 0.00551. The van der Waals surface area contributed by atoms with Gasteiger partial charge in [0, 0.05) is 18.9 Å². The largest absolute Gasteiger partial charge is 0.377 e. The Morgan fingerprint density at radius 2 is 2.33 bits per heavy atom. The van der Waals surface area contributed by atoms with Crippen LogP contribution in [0.2, 0.25) is 0 Å². The van der Waals surface area contributed by atoms with Gasteiger partial charge in [0.2, 0.25) is 0 Å². The van der Waals surface area contributed by atoms with Gasteiger partial charge in [-0.25, -0.2) is 0 Å². The van der Waals surface area contributed by atoms with Crippen molar-refractivity contribution in [2.75, 3.05) is 7.11 Å². The van der Waals surface area contributed by atoms with Crippen molar-refractivity contribution >= 4 is 13.4 Å². The molecule has 0 fully saturated rings. The minimum atomic E-state index is -0.196. The minimum absolute atomic E-state index is 0.196. The van der Waals surface area contributed by atoms with Crippen LogP contribution in [0.5, 0.6) is 0 Å². The smallest absolute Gasteiger partial charge is 0.144 e. The second-order valence-corrected chi connectivity index (χ2v) is 3.40. The second kappa shape index (κ2) is 3.31. The van der Waals surface area contributed by atoms with E-state index in [4.69, 9.17) is 12.6 Å². The zero-order valence-electron chi connectivity index (χ0n) is 7.74. The molecule has 1 aromatic rings. The molecule has 0 saturated carbocycles. The maximum Gasteiger partial charge on any atom is 0.144 e. The molecule has 1 heterocycles. The molecule has 1 aromatic heterocycles.